The van der Waals surface area contributed by atoms with E-state index in [9.17, 15) is 4.79 Å². The fraction of sp³-hybridized carbons (Fsp3) is 0.278. The van der Waals surface area contributed by atoms with Gasteiger partial charge in [0.25, 0.3) is 0 Å². The SMILES string of the molecule is O=C(NCCC[Si]O)OCC1c2ccccc2-c2ccccc21. The first-order valence-corrected chi connectivity index (χ1v) is 8.92. The molecular formula is C18H19NO3Si. The van der Waals surface area contributed by atoms with E-state index in [1.807, 2.05) is 24.3 Å². The van der Waals surface area contributed by atoms with Gasteiger partial charge < -0.3 is 14.8 Å². The van der Waals surface area contributed by atoms with Crippen LogP contribution in [0.5, 0.6) is 0 Å². The van der Waals surface area contributed by atoms with Gasteiger partial charge >= 0.3 is 6.09 Å². The Morgan fingerprint density at radius 2 is 1.70 bits per heavy atom. The molecule has 0 spiro atoms. The number of carbonyl (C=O) groups is 1. The van der Waals surface area contributed by atoms with Gasteiger partial charge in [-0.2, -0.15) is 0 Å². The van der Waals surface area contributed by atoms with Gasteiger partial charge in [0.1, 0.15) is 6.61 Å². The van der Waals surface area contributed by atoms with Crippen LogP contribution in [0.2, 0.25) is 6.04 Å². The summed E-state index contributed by atoms with van der Waals surface area (Å²) in [6.45, 7) is 0.867. The molecule has 4 nitrogen and oxygen atoms in total. The van der Waals surface area contributed by atoms with Crippen molar-refractivity contribution >= 4 is 15.9 Å². The molecule has 0 saturated carbocycles. The summed E-state index contributed by atoms with van der Waals surface area (Å²) in [4.78, 5) is 20.5. The van der Waals surface area contributed by atoms with Gasteiger partial charge in [-0.15, -0.1) is 0 Å². The van der Waals surface area contributed by atoms with E-state index in [0.717, 1.165) is 6.42 Å². The Labute approximate surface area is 138 Å². The van der Waals surface area contributed by atoms with E-state index in [2.05, 4.69) is 29.6 Å². The normalized spacial score (nSPS) is 12.6. The molecule has 2 aromatic rings. The lowest BCUT2D eigenvalue weighted by Crippen LogP contribution is -2.27. The highest BCUT2D eigenvalue weighted by Crippen LogP contribution is 2.44. The van der Waals surface area contributed by atoms with Crippen LogP contribution in [0.15, 0.2) is 48.5 Å². The Hall–Kier alpha value is -2.11. The minimum Gasteiger partial charge on any atom is -0.449 e. The van der Waals surface area contributed by atoms with Crippen molar-refractivity contribution in [2.45, 2.75) is 18.4 Å². The third-order valence-electron chi connectivity index (χ3n) is 4.08. The van der Waals surface area contributed by atoms with Crippen molar-refractivity contribution in [2.75, 3.05) is 13.2 Å². The zero-order chi connectivity index (χ0) is 16.1. The highest BCUT2D eigenvalue weighted by molar-refractivity contribution is 6.25. The number of hydrogen-bond donors (Lipinski definition) is 2. The number of hydrogen-bond acceptors (Lipinski definition) is 3. The van der Waals surface area contributed by atoms with Crippen molar-refractivity contribution in [2.24, 2.45) is 0 Å². The standard InChI is InChI=1S/C18H19NO3Si/c20-18(19-10-5-11-23-21)22-12-17-15-8-3-1-6-13(15)14-7-2-4-9-16(14)17/h1-4,6-9,17,21H,5,10-12H2,(H,19,20). The molecule has 3 rings (SSSR count). The molecule has 0 heterocycles. The predicted molar refractivity (Wildman–Crippen MR) is 90.5 cm³/mol. The summed E-state index contributed by atoms with van der Waals surface area (Å²) in [6.07, 6.45) is 0.368. The summed E-state index contributed by atoms with van der Waals surface area (Å²) in [5.41, 5.74) is 4.87. The van der Waals surface area contributed by atoms with E-state index in [-0.39, 0.29) is 15.7 Å². The number of fused-ring (bicyclic) bond motifs is 3. The fourth-order valence-electron chi connectivity index (χ4n) is 3.01. The summed E-state index contributed by atoms with van der Waals surface area (Å²) in [7, 11) is -0.0662. The maximum Gasteiger partial charge on any atom is 0.407 e. The molecule has 118 valence electrons. The minimum absolute atomic E-state index is 0.0662. The Balaban J connectivity index is 1.65. The smallest absolute Gasteiger partial charge is 0.407 e. The van der Waals surface area contributed by atoms with E-state index in [4.69, 9.17) is 9.53 Å². The molecular weight excluding hydrogens is 306 g/mol. The van der Waals surface area contributed by atoms with Gasteiger partial charge in [-0.3, -0.25) is 0 Å². The lowest BCUT2D eigenvalue weighted by molar-refractivity contribution is 0.143. The molecule has 0 saturated heterocycles. The van der Waals surface area contributed by atoms with Crippen LogP contribution < -0.4 is 5.32 Å². The average Bonchev–Trinajstić information content (AvgIpc) is 2.91. The van der Waals surface area contributed by atoms with Crippen LogP contribution in [0.25, 0.3) is 11.1 Å². The van der Waals surface area contributed by atoms with Crippen LogP contribution in [0.1, 0.15) is 23.5 Å². The van der Waals surface area contributed by atoms with Gasteiger partial charge in [0.15, 0.2) is 0 Å². The van der Waals surface area contributed by atoms with Crippen molar-refractivity contribution in [1.29, 1.82) is 0 Å². The Bertz CT molecular complexity index is 644. The monoisotopic (exact) mass is 325 g/mol. The molecule has 2 N–H and O–H groups in total. The molecule has 0 bridgehead atoms. The largest absolute Gasteiger partial charge is 0.449 e. The van der Waals surface area contributed by atoms with Crippen LogP contribution in [-0.4, -0.2) is 33.8 Å². The molecule has 0 atom stereocenters. The van der Waals surface area contributed by atoms with Gasteiger partial charge in [0.05, 0.1) is 0 Å². The molecule has 5 heteroatoms. The highest BCUT2D eigenvalue weighted by atomic mass is 28.2. The van der Waals surface area contributed by atoms with Gasteiger partial charge in [-0.1, -0.05) is 48.5 Å². The Kier molecular flexibility index (Phi) is 5.10. The van der Waals surface area contributed by atoms with Crippen LogP contribution in [-0.2, 0) is 4.74 Å². The number of ether oxygens (including phenoxy) is 1. The fourth-order valence-corrected chi connectivity index (χ4v) is 3.34. The van der Waals surface area contributed by atoms with Crippen molar-refractivity contribution < 1.29 is 14.3 Å². The van der Waals surface area contributed by atoms with E-state index in [1.165, 1.54) is 22.3 Å². The molecule has 0 fully saturated rings. The first-order chi connectivity index (χ1) is 11.3. The van der Waals surface area contributed by atoms with Gasteiger partial charge in [0.2, 0.25) is 9.76 Å². The molecule has 2 aromatic carbocycles. The molecule has 0 unspecified atom stereocenters. The third-order valence-corrected chi connectivity index (χ3v) is 4.66. The zero-order valence-corrected chi connectivity index (χ0v) is 13.8. The van der Waals surface area contributed by atoms with Crippen molar-refractivity contribution in [3.05, 3.63) is 59.7 Å². The lowest BCUT2D eigenvalue weighted by atomic mass is 9.98. The first kappa shape index (κ1) is 15.8. The molecule has 1 aliphatic rings. The van der Waals surface area contributed by atoms with Crippen LogP contribution in [0, 0.1) is 0 Å². The molecule has 1 aliphatic carbocycles. The number of benzene rings is 2. The van der Waals surface area contributed by atoms with Crippen molar-refractivity contribution in [3.63, 3.8) is 0 Å². The molecule has 0 aliphatic heterocycles. The summed E-state index contributed by atoms with van der Waals surface area (Å²) in [5.74, 6) is 0.0899. The number of alkyl carbamates (subject to hydrolysis) is 1. The number of amides is 1. The summed E-state index contributed by atoms with van der Waals surface area (Å²) in [5, 5.41) is 2.72. The summed E-state index contributed by atoms with van der Waals surface area (Å²) in [6, 6.07) is 17.3. The molecule has 0 aromatic heterocycles. The van der Waals surface area contributed by atoms with Crippen LogP contribution in [0.4, 0.5) is 4.79 Å². The van der Waals surface area contributed by atoms with Gasteiger partial charge in [-0.25, -0.2) is 4.79 Å². The zero-order valence-electron chi connectivity index (χ0n) is 12.8. The summed E-state index contributed by atoms with van der Waals surface area (Å²) < 4.78 is 5.41. The number of rotatable bonds is 6. The van der Waals surface area contributed by atoms with Crippen LogP contribution in [0.3, 0.4) is 0 Å². The minimum atomic E-state index is -0.395. The van der Waals surface area contributed by atoms with Gasteiger partial charge in [-0.05, 0) is 34.7 Å². The van der Waals surface area contributed by atoms with Crippen molar-refractivity contribution in [3.8, 4) is 11.1 Å². The van der Waals surface area contributed by atoms with E-state index in [0.29, 0.717) is 19.2 Å². The van der Waals surface area contributed by atoms with E-state index < -0.39 is 6.09 Å². The maximum atomic E-state index is 11.8. The quantitative estimate of drug-likeness (QED) is 0.634. The second kappa shape index (κ2) is 7.44. The van der Waals surface area contributed by atoms with Gasteiger partial charge in [0, 0.05) is 12.5 Å². The first-order valence-electron chi connectivity index (χ1n) is 7.77. The van der Waals surface area contributed by atoms with E-state index in [1.54, 1.807) is 0 Å². The number of carbonyl (C=O) groups excluding carboxylic acids is 1. The maximum absolute atomic E-state index is 11.8. The van der Waals surface area contributed by atoms with Crippen molar-refractivity contribution in [1.82, 2.24) is 5.32 Å². The summed E-state index contributed by atoms with van der Waals surface area (Å²) >= 11 is 0. The second-order valence-corrected chi connectivity index (χ2v) is 6.33. The van der Waals surface area contributed by atoms with E-state index >= 15 is 0 Å². The predicted octanol–water partition coefficient (Wildman–Crippen LogP) is 2.95. The second-order valence-electron chi connectivity index (χ2n) is 5.51. The lowest BCUT2D eigenvalue weighted by Gasteiger charge is -2.14. The molecule has 23 heavy (non-hydrogen) atoms. The highest BCUT2D eigenvalue weighted by Gasteiger charge is 2.28. The third kappa shape index (κ3) is 3.46. The van der Waals surface area contributed by atoms with Crippen LogP contribution >= 0.6 is 0 Å². The molecule has 1 amide bonds. The Morgan fingerprint density at radius 3 is 2.30 bits per heavy atom. The average molecular weight is 325 g/mol. The topological polar surface area (TPSA) is 58.6 Å². The number of nitrogens with one attached hydrogen (secondary N) is 1. The Morgan fingerprint density at radius 1 is 1.09 bits per heavy atom. The molecule has 2 radical (unpaired) electrons.